The van der Waals surface area contributed by atoms with Crippen molar-refractivity contribution in [3.05, 3.63) is 34.9 Å². The molecule has 0 saturated carbocycles. The van der Waals surface area contributed by atoms with Crippen LogP contribution in [0, 0.1) is 0 Å². The largest absolute Gasteiger partial charge is 0.326 e. The first kappa shape index (κ1) is 10.7. The van der Waals surface area contributed by atoms with E-state index in [1.54, 1.807) is 11.1 Å². The van der Waals surface area contributed by atoms with E-state index < -0.39 is 0 Å². The summed E-state index contributed by atoms with van der Waals surface area (Å²) < 4.78 is 0. The first-order valence-electron chi connectivity index (χ1n) is 5.94. The fraction of sp³-hybridized carbons (Fsp3) is 0.571. The molecule has 1 aromatic carbocycles. The fourth-order valence-electron chi connectivity index (χ4n) is 2.25. The molecule has 82 valence electrons. The minimum atomic E-state index is -0.0426. The smallest absolute Gasteiger partial charge is 0.0100 e. The SMILES string of the molecule is CC(C)(N)CCc1ccc2c(c1)CCC2. The molecule has 0 atom stereocenters. The summed E-state index contributed by atoms with van der Waals surface area (Å²) in [5.74, 6) is 0. The van der Waals surface area contributed by atoms with Crippen molar-refractivity contribution in [2.75, 3.05) is 0 Å². The van der Waals surface area contributed by atoms with E-state index in [-0.39, 0.29) is 5.54 Å². The lowest BCUT2D eigenvalue weighted by atomic mass is 9.95. The third kappa shape index (κ3) is 2.82. The second-order valence-corrected chi connectivity index (χ2v) is 5.45. The summed E-state index contributed by atoms with van der Waals surface area (Å²) in [4.78, 5) is 0. The Balaban J connectivity index is 2.04. The van der Waals surface area contributed by atoms with Gasteiger partial charge >= 0.3 is 0 Å². The average Bonchev–Trinajstić information content (AvgIpc) is 2.60. The lowest BCUT2D eigenvalue weighted by Crippen LogP contribution is -2.32. The van der Waals surface area contributed by atoms with E-state index in [0.717, 1.165) is 12.8 Å². The van der Waals surface area contributed by atoms with Crippen molar-refractivity contribution in [1.82, 2.24) is 0 Å². The summed E-state index contributed by atoms with van der Waals surface area (Å²) >= 11 is 0. The van der Waals surface area contributed by atoms with Crippen molar-refractivity contribution >= 4 is 0 Å². The van der Waals surface area contributed by atoms with Crippen molar-refractivity contribution in [1.29, 1.82) is 0 Å². The molecule has 0 spiro atoms. The Morgan fingerprint density at radius 3 is 2.67 bits per heavy atom. The van der Waals surface area contributed by atoms with E-state index in [9.17, 15) is 0 Å². The number of hydrogen-bond acceptors (Lipinski definition) is 1. The van der Waals surface area contributed by atoms with Crippen molar-refractivity contribution in [3.8, 4) is 0 Å². The first-order chi connectivity index (χ1) is 7.04. The van der Waals surface area contributed by atoms with Gasteiger partial charge in [-0.2, -0.15) is 0 Å². The van der Waals surface area contributed by atoms with Crippen LogP contribution < -0.4 is 5.73 Å². The molecule has 0 aliphatic heterocycles. The zero-order valence-corrected chi connectivity index (χ0v) is 9.84. The molecular weight excluding hydrogens is 182 g/mol. The van der Waals surface area contributed by atoms with Gasteiger partial charge in [0.2, 0.25) is 0 Å². The van der Waals surface area contributed by atoms with Gasteiger partial charge in [0.1, 0.15) is 0 Å². The number of aryl methyl sites for hydroxylation is 3. The van der Waals surface area contributed by atoms with Crippen molar-refractivity contribution in [3.63, 3.8) is 0 Å². The molecule has 0 saturated heterocycles. The average molecular weight is 203 g/mol. The zero-order chi connectivity index (χ0) is 10.9. The maximum absolute atomic E-state index is 6.00. The Kier molecular flexibility index (Phi) is 2.83. The highest BCUT2D eigenvalue weighted by atomic mass is 14.7. The lowest BCUT2D eigenvalue weighted by Gasteiger charge is -2.18. The van der Waals surface area contributed by atoms with Gasteiger partial charge < -0.3 is 5.73 Å². The van der Waals surface area contributed by atoms with Crippen LogP contribution in [0.4, 0.5) is 0 Å². The van der Waals surface area contributed by atoms with Crippen LogP contribution in [0.15, 0.2) is 18.2 Å². The number of nitrogens with two attached hydrogens (primary N) is 1. The van der Waals surface area contributed by atoms with Crippen LogP contribution in [0.2, 0.25) is 0 Å². The lowest BCUT2D eigenvalue weighted by molar-refractivity contribution is 0.477. The van der Waals surface area contributed by atoms with Gasteiger partial charge in [-0.1, -0.05) is 18.2 Å². The molecule has 1 heteroatoms. The second-order valence-electron chi connectivity index (χ2n) is 5.45. The van der Waals surface area contributed by atoms with Gasteiger partial charge in [-0.05, 0) is 62.6 Å². The predicted molar refractivity (Wildman–Crippen MR) is 65.1 cm³/mol. The Morgan fingerprint density at radius 2 is 1.93 bits per heavy atom. The molecule has 1 aliphatic carbocycles. The standard InChI is InChI=1S/C14H21N/c1-14(2,15)9-8-11-6-7-12-4-3-5-13(12)10-11/h6-7,10H,3-5,8-9,15H2,1-2H3. The van der Waals surface area contributed by atoms with Gasteiger partial charge in [-0.15, -0.1) is 0 Å². The highest BCUT2D eigenvalue weighted by Gasteiger charge is 2.13. The van der Waals surface area contributed by atoms with Crippen LogP contribution in [0.5, 0.6) is 0 Å². The molecule has 0 bridgehead atoms. The summed E-state index contributed by atoms with van der Waals surface area (Å²) in [6, 6.07) is 6.96. The normalized spacial score (nSPS) is 15.4. The molecule has 0 unspecified atom stereocenters. The third-order valence-electron chi connectivity index (χ3n) is 3.22. The molecular formula is C14H21N. The molecule has 1 aliphatic rings. The second kappa shape index (κ2) is 3.97. The van der Waals surface area contributed by atoms with E-state index in [2.05, 4.69) is 32.0 Å². The first-order valence-corrected chi connectivity index (χ1v) is 5.94. The van der Waals surface area contributed by atoms with Gasteiger partial charge in [0.05, 0.1) is 0 Å². The van der Waals surface area contributed by atoms with Crippen molar-refractivity contribution < 1.29 is 0 Å². The van der Waals surface area contributed by atoms with Crippen LogP contribution >= 0.6 is 0 Å². The molecule has 0 fully saturated rings. The monoisotopic (exact) mass is 203 g/mol. The minimum Gasteiger partial charge on any atom is -0.326 e. The summed E-state index contributed by atoms with van der Waals surface area (Å²) in [5.41, 5.74) is 10.5. The van der Waals surface area contributed by atoms with Gasteiger partial charge in [-0.3, -0.25) is 0 Å². The molecule has 2 rings (SSSR count). The molecule has 0 radical (unpaired) electrons. The Bertz CT molecular complexity index is 347. The van der Waals surface area contributed by atoms with Crippen molar-refractivity contribution in [2.24, 2.45) is 5.73 Å². The summed E-state index contributed by atoms with van der Waals surface area (Å²) in [5, 5.41) is 0. The van der Waals surface area contributed by atoms with Crippen LogP contribution in [0.25, 0.3) is 0 Å². The van der Waals surface area contributed by atoms with Crippen LogP contribution in [0.3, 0.4) is 0 Å². The van der Waals surface area contributed by atoms with Crippen LogP contribution in [0.1, 0.15) is 43.4 Å². The molecule has 0 aromatic heterocycles. The van der Waals surface area contributed by atoms with Crippen LogP contribution in [-0.2, 0) is 19.3 Å². The quantitative estimate of drug-likeness (QED) is 0.803. The molecule has 1 nitrogen and oxygen atoms in total. The number of benzene rings is 1. The summed E-state index contributed by atoms with van der Waals surface area (Å²) in [6.45, 7) is 4.20. The molecule has 2 N–H and O–H groups in total. The molecule has 0 heterocycles. The Morgan fingerprint density at radius 1 is 1.20 bits per heavy atom. The maximum atomic E-state index is 6.00. The summed E-state index contributed by atoms with van der Waals surface area (Å²) in [7, 11) is 0. The summed E-state index contributed by atoms with van der Waals surface area (Å²) in [6.07, 6.45) is 6.05. The van der Waals surface area contributed by atoms with Crippen LogP contribution in [-0.4, -0.2) is 5.54 Å². The highest BCUT2D eigenvalue weighted by Crippen LogP contribution is 2.23. The van der Waals surface area contributed by atoms with E-state index in [0.29, 0.717) is 0 Å². The maximum Gasteiger partial charge on any atom is 0.0100 e. The highest BCUT2D eigenvalue weighted by molar-refractivity contribution is 5.35. The Labute approximate surface area is 92.7 Å². The molecule has 0 amide bonds. The Hall–Kier alpha value is -0.820. The minimum absolute atomic E-state index is 0.0426. The third-order valence-corrected chi connectivity index (χ3v) is 3.22. The predicted octanol–water partition coefficient (Wildman–Crippen LogP) is 2.85. The fourth-order valence-corrected chi connectivity index (χ4v) is 2.25. The van der Waals surface area contributed by atoms with E-state index >= 15 is 0 Å². The molecule has 15 heavy (non-hydrogen) atoms. The van der Waals surface area contributed by atoms with E-state index in [1.165, 1.54) is 24.8 Å². The van der Waals surface area contributed by atoms with Gasteiger partial charge in [0.25, 0.3) is 0 Å². The number of rotatable bonds is 3. The molecule has 1 aromatic rings. The van der Waals surface area contributed by atoms with Crippen molar-refractivity contribution in [2.45, 2.75) is 51.5 Å². The van der Waals surface area contributed by atoms with Gasteiger partial charge in [0, 0.05) is 5.54 Å². The number of hydrogen-bond donors (Lipinski definition) is 1. The van der Waals surface area contributed by atoms with Gasteiger partial charge in [-0.25, -0.2) is 0 Å². The topological polar surface area (TPSA) is 26.0 Å². The zero-order valence-electron chi connectivity index (χ0n) is 9.84. The van der Waals surface area contributed by atoms with Gasteiger partial charge in [0.15, 0.2) is 0 Å². The van der Waals surface area contributed by atoms with E-state index in [1.807, 2.05) is 0 Å². The van der Waals surface area contributed by atoms with E-state index in [4.69, 9.17) is 5.73 Å². The number of fused-ring (bicyclic) bond motifs is 1.